The van der Waals surface area contributed by atoms with Gasteiger partial charge >= 0.3 is 5.97 Å². The van der Waals surface area contributed by atoms with E-state index in [1.165, 1.54) is 6.42 Å². The van der Waals surface area contributed by atoms with Crippen LogP contribution >= 0.6 is 0 Å². The SMILES string of the molecule is CCC1CN(c2cccc(C(=O)O)c2)C1. The lowest BCUT2D eigenvalue weighted by Gasteiger charge is -2.40. The van der Waals surface area contributed by atoms with E-state index in [0.717, 1.165) is 24.7 Å². The first-order valence-corrected chi connectivity index (χ1v) is 5.29. The number of hydrogen-bond donors (Lipinski definition) is 1. The van der Waals surface area contributed by atoms with E-state index < -0.39 is 5.97 Å². The van der Waals surface area contributed by atoms with Crippen LogP contribution in [0.4, 0.5) is 5.69 Å². The summed E-state index contributed by atoms with van der Waals surface area (Å²) in [6, 6.07) is 7.15. The van der Waals surface area contributed by atoms with Crippen LogP contribution in [0.2, 0.25) is 0 Å². The average molecular weight is 205 g/mol. The molecule has 0 aromatic heterocycles. The molecule has 15 heavy (non-hydrogen) atoms. The molecule has 1 aliphatic rings. The Bertz CT molecular complexity index is 370. The summed E-state index contributed by atoms with van der Waals surface area (Å²) < 4.78 is 0. The van der Waals surface area contributed by atoms with Crippen molar-refractivity contribution in [3.8, 4) is 0 Å². The second-order valence-electron chi connectivity index (χ2n) is 4.03. The van der Waals surface area contributed by atoms with Gasteiger partial charge < -0.3 is 10.0 Å². The largest absolute Gasteiger partial charge is 0.478 e. The summed E-state index contributed by atoms with van der Waals surface area (Å²) in [4.78, 5) is 13.0. The first-order chi connectivity index (χ1) is 7.20. The summed E-state index contributed by atoms with van der Waals surface area (Å²) in [6.07, 6.45) is 1.20. The smallest absolute Gasteiger partial charge is 0.335 e. The van der Waals surface area contributed by atoms with E-state index in [1.807, 2.05) is 6.07 Å². The van der Waals surface area contributed by atoms with Gasteiger partial charge in [0.15, 0.2) is 0 Å². The minimum atomic E-state index is -0.857. The molecule has 3 nitrogen and oxygen atoms in total. The summed E-state index contributed by atoms with van der Waals surface area (Å²) in [5.74, 6) is -0.0806. The Kier molecular flexibility index (Phi) is 2.62. The van der Waals surface area contributed by atoms with E-state index in [-0.39, 0.29) is 0 Å². The number of hydrogen-bond acceptors (Lipinski definition) is 2. The maximum atomic E-state index is 10.8. The van der Waals surface area contributed by atoms with Crippen LogP contribution in [0.25, 0.3) is 0 Å². The zero-order valence-electron chi connectivity index (χ0n) is 8.81. The monoisotopic (exact) mass is 205 g/mol. The van der Waals surface area contributed by atoms with E-state index >= 15 is 0 Å². The standard InChI is InChI=1S/C12H15NO2/c1-2-9-7-13(8-9)11-5-3-4-10(6-11)12(14)15/h3-6,9H,2,7-8H2,1H3,(H,14,15). The molecule has 80 valence electrons. The Hall–Kier alpha value is -1.51. The van der Waals surface area contributed by atoms with Crippen molar-refractivity contribution in [2.45, 2.75) is 13.3 Å². The molecular weight excluding hydrogens is 190 g/mol. The zero-order chi connectivity index (χ0) is 10.8. The second kappa shape index (κ2) is 3.93. The predicted octanol–water partition coefficient (Wildman–Crippen LogP) is 2.23. The van der Waals surface area contributed by atoms with Gasteiger partial charge in [-0.05, 0) is 30.5 Å². The van der Waals surface area contributed by atoms with Crippen molar-refractivity contribution in [3.63, 3.8) is 0 Å². The molecule has 0 saturated carbocycles. The molecule has 1 fully saturated rings. The molecule has 3 heteroatoms. The van der Waals surface area contributed by atoms with Gasteiger partial charge in [0.05, 0.1) is 5.56 Å². The van der Waals surface area contributed by atoms with E-state index in [9.17, 15) is 4.79 Å². The zero-order valence-corrected chi connectivity index (χ0v) is 8.81. The number of rotatable bonds is 3. The lowest BCUT2D eigenvalue weighted by Crippen LogP contribution is -2.46. The average Bonchev–Trinajstić information content (AvgIpc) is 2.16. The van der Waals surface area contributed by atoms with Crippen molar-refractivity contribution in [2.24, 2.45) is 5.92 Å². The van der Waals surface area contributed by atoms with Gasteiger partial charge in [-0.1, -0.05) is 13.0 Å². The molecule has 0 spiro atoms. The summed E-state index contributed by atoms with van der Waals surface area (Å²) in [7, 11) is 0. The molecule has 0 unspecified atom stereocenters. The van der Waals surface area contributed by atoms with Gasteiger partial charge in [0, 0.05) is 18.8 Å². The number of carbonyl (C=O) groups is 1. The van der Waals surface area contributed by atoms with Gasteiger partial charge in [-0.15, -0.1) is 0 Å². The number of aromatic carboxylic acids is 1. The minimum Gasteiger partial charge on any atom is -0.478 e. The number of benzene rings is 1. The summed E-state index contributed by atoms with van der Waals surface area (Å²) in [6.45, 7) is 4.30. The molecule has 2 rings (SSSR count). The quantitative estimate of drug-likeness (QED) is 0.822. The van der Waals surface area contributed by atoms with Crippen LogP contribution in [0.15, 0.2) is 24.3 Å². The number of anilines is 1. The summed E-state index contributed by atoms with van der Waals surface area (Å²) in [5.41, 5.74) is 1.40. The molecule has 0 atom stereocenters. The molecule has 1 aromatic carbocycles. The Labute approximate surface area is 89.3 Å². The first-order valence-electron chi connectivity index (χ1n) is 5.29. The second-order valence-corrected chi connectivity index (χ2v) is 4.03. The van der Waals surface area contributed by atoms with Gasteiger partial charge in [0.1, 0.15) is 0 Å². The Morgan fingerprint density at radius 3 is 2.87 bits per heavy atom. The molecule has 0 radical (unpaired) electrons. The van der Waals surface area contributed by atoms with Crippen LogP contribution in [-0.4, -0.2) is 24.2 Å². The highest BCUT2D eigenvalue weighted by Crippen LogP contribution is 2.26. The van der Waals surface area contributed by atoms with Crippen molar-refractivity contribution in [1.82, 2.24) is 0 Å². The Balaban J connectivity index is 2.10. The van der Waals surface area contributed by atoms with Crippen LogP contribution in [0.3, 0.4) is 0 Å². The summed E-state index contributed by atoms with van der Waals surface area (Å²) in [5, 5.41) is 8.86. The predicted molar refractivity (Wildman–Crippen MR) is 59.4 cm³/mol. The fourth-order valence-corrected chi connectivity index (χ4v) is 1.87. The van der Waals surface area contributed by atoms with Gasteiger partial charge in [-0.3, -0.25) is 0 Å². The molecule has 0 aliphatic carbocycles. The molecule has 1 aromatic rings. The van der Waals surface area contributed by atoms with Crippen molar-refractivity contribution in [2.75, 3.05) is 18.0 Å². The van der Waals surface area contributed by atoms with Crippen molar-refractivity contribution in [1.29, 1.82) is 0 Å². The first kappa shape index (κ1) is 10.0. The van der Waals surface area contributed by atoms with E-state index in [1.54, 1.807) is 18.2 Å². The van der Waals surface area contributed by atoms with E-state index in [0.29, 0.717) is 5.56 Å². The van der Waals surface area contributed by atoms with Gasteiger partial charge in [-0.2, -0.15) is 0 Å². The highest BCUT2D eigenvalue weighted by Gasteiger charge is 2.25. The number of carboxylic acid groups (broad SMARTS) is 1. The van der Waals surface area contributed by atoms with Crippen molar-refractivity contribution >= 4 is 11.7 Å². The van der Waals surface area contributed by atoms with E-state index in [4.69, 9.17) is 5.11 Å². The van der Waals surface area contributed by atoms with Gasteiger partial charge in [0.2, 0.25) is 0 Å². The fraction of sp³-hybridized carbons (Fsp3) is 0.417. The number of nitrogens with zero attached hydrogens (tertiary/aromatic N) is 1. The third kappa shape index (κ3) is 1.96. The van der Waals surface area contributed by atoms with Crippen molar-refractivity contribution < 1.29 is 9.90 Å². The van der Waals surface area contributed by atoms with Gasteiger partial charge in [0.25, 0.3) is 0 Å². The topological polar surface area (TPSA) is 40.5 Å². The Morgan fingerprint density at radius 1 is 1.53 bits per heavy atom. The Morgan fingerprint density at radius 2 is 2.27 bits per heavy atom. The molecule has 1 aliphatic heterocycles. The highest BCUT2D eigenvalue weighted by atomic mass is 16.4. The minimum absolute atomic E-state index is 0.368. The maximum Gasteiger partial charge on any atom is 0.335 e. The van der Waals surface area contributed by atoms with Crippen LogP contribution in [-0.2, 0) is 0 Å². The number of carboxylic acids is 1. The fourth-order valence-electron chi connectivity index (χ4n) is 1.87. The molecule has 1 N–H and O–H groups in total. The van der Waals surface area contributed by atoms with E-state index in [2.05, 4.69) is 11.8 Å². The third-order valence-corrected chi connectivity index (χ3v) is 2.99. The molecule has 1 heterocycles. The van der Waals surface area contributed by atoms with Crippen LogP contribution in [0.5, 0.6) is 0 Å². The maximum absolute atomic E-state index is 10.8. The molecule has 1 saturated heterocycles. The van der Waals surface area contributed by atoms with Crippen LogP contribution in [0, 0.1) is 5.92 Å². The summed E-state index contributed by atoms with van der Waals surface area (Å²) >= 11 is 0. The highest BCUT2D eigenvalue weighted by molar-refractivity contribution is 5.88. The molecule has 0 bridgehead atoms. The van der Waals surface area contributed by atoms with Gasteiger partial charge in [-0.25, -0.2) is 4.79 Å². The molecule has 0 amide bonds. The van der Waals surface area contributed by atoms with Crippen molar-refractivity contribution in [3.05, 3.63) is 29.8 Å². The third-order valence-electron chi connectivity index (χ3n) is 2.99. The normalized spacial score (nSPS) is 16.2. The lowest BCUT2D eigenvalue weighted by atomic mass is 9.96. The van der Waals surface area contributed by atoms with Crippen LogP contribution < -0.4 is 4.90 Å². The van der Waals surface area contributed by atoms with Crippen LogP contribution in [0.1, 0.15) is 23.7 Å². The molecular formula is C12H15NO2. The lowest BCUT2D eigenvalue weighted by molar-refractivity contribution is 0.0697.